The molecule has 0 spiro atoms. The maximum atomic E-state index is 14.0. The Morgan fingerprint density at radius 1 is 1.05 bits per heavy atom. The van der Waals surface area contributed by atoms with Gasteiger partial charge in [0.15, 0.2) is 4.80 Å². The zero-order valence-corrected chi connectivity index (χ0v) is 23.8. The number of fused-ring (bicyclic) bond motifs is 3. The predicted octanol–water partition coefficient (Wildman–Crippen LogP) is 5.59. The molecule has 0 amide bonds. The van der Waals surface area contributed by atoms with Gasteiger partial charge in [0.2, 0.25) is 0 Å². The molecule has 1 N–H and O–H groups in total. The molecule has 5 aromatic rings. The summed E-state index contributed by atoms with van der Waals surface area (Å²) in [6, 6.07) is 24.5. The first-order valence-electron chi connectivity index (χ1n) is 13.6. The number of aromatic nitrogens is 1. The largest absolute Gasteiger partial charge is 0.497 e. The Morgan fingerprint density at radius 2 is 1.86 bits per heavy atom. The van der Waals surface area contributed by atoms with Crippen LogP contribution in [0.1, 0.15) is 50.8 Å². The Morgan fingerprint density at radius 3 is 2.64 bits per heavy atom. The summed E-state index contributed by atoms with van der Waals surface area (Å²) < 4.78 is 13.8. The molecular formula is C34H26N2O5S. The van der Waals surface area contributed by atoms with E-state index in [1.807, 2.05) is 37.3 Å². The molecule has 3 aromatic carbocycles. The molecule has 1 aliphatic carbocycles. The van der Waals surface area contributed by atoms with Crippen LogP contribution >= 0.6 is 11.3 Å². The van der Waals surface area contributed by atoms with Gasteiger partial charge in [0.05, 0.1) is 28.9 Å². The Balaban J connectivity index is 1.37. The van der Waals surface area contributed by atoms with E-state index in [0.717, 1.165) is 46.6 Å². The van der Waals surface area contributed by atoms with Crippen molar-refractivity contribution in [2.75, 3.05) is 7.11 Å². The Labute approximate surface area is 245 Å². The van der Waals surface area contributed by atoms with Gasteiger partial charge in [-0.2, -0.15) is 0 Å². The highest BCUT2D eigenvalue weighted by Gasteiger charge is 2.32. The summed E-state index contributed by atoms with van der Waals surface area (Å²) in [7, 11) is 1.64. The van der Waals surface area contributed by atoms with Gasteiger partial charge in [-0.25, -0.2) is 9.79 Å². The van der Waals surface area contributed by atoms with Gasteiger partial charge in [-0.15, -0.1) is 0 Å². The minimum absolute atomic E-state index is 0.132. The molecule has 8 heteroatoms. The molecule has 0 saturated heterocycles. The van der Waals surface area contributed by atoms with Crippen LogP contribution in [0.4, 0.5) is 0 Å². The van der Waals surface area contributed by atoms with Crippen molar-refractivity contribution in [3.05, 3.63) is 138 Å². The maximum absolute atomic E-state index is 14.0. The molecule has 0 radical (unpaired) electrons. The number of carboxylic acids is 1. The van der Waals surface area contributed by atoms with Crippen molar-refractivity contribution in [3.63, 3.8) is 0 Å². The minimum atomic E-state index is -0.999. The van der Waals surface area contributed by atoms with Gasteiger partial charge in [-0.1, -0.05) is 53.8 Å². The number of aryl methyl sites for hydroxylation is 2. The second-order valence-corrected chi connectivity index (χ2v) is 11.4. The number of methoxy groups -OCH3 is 1. The Bertz CT molecular complexity index is 2100. The van der Waals surface area contributed by atoms with E-state index >= 15 is 0 Å². The fraction of sp³-hybridized carbons (Fsp3) is 0.147. The third-order valence-corrected chi connectivity index (χ3v) is 8.94. The first kappa shape index (κ1) is 26.0. The number of thiazole rings is 1. The molecule has 0 unspecified atom stereocenters. The molecule has 0 bridgehead atoms. The number of carboxylic acid groups (broad SMARTS) is 1. The number of carbonyl (C=O) groups is 1. The first-order valence-corrected chi connectivity index (χ1v) is 14.4. The van der Waals surface area contributed by atoms with Crippen LogP contribution in [0.5, 0.6) is 5.75 Å². The van der Waals surface area contributed by atoms with E-state index in [4.69, 9.17) is 14.1 Å². The summed E-state index contributed by atoms with van der Waals surface area (Å²) >= 11 is 1.34. The lowest BCUT2D eigenvalue weighted by molar-refractivity contribution is 0.0697. The standard InChI is InChI=1S/C34H26N2O5S/c1-19-7-8-22(33(38)39)17-27(19)28-16-14-24(41-28)18-29-32(37)36-31(21-9-12-23(40-2)13-10-21)26-15-11-20-5-3-4-6-25(20)30(26)35-34(36)42-29/h3-10,12-14,16-18,31H,11,15H2,1-2H3,(H,38,39)/b29-18+/t31-/m1/s1. The highest BCUT2D eigenvalue weighted by Crippen LogP contribution is 2.41. The molecule has 0 fully saturated rings. The number of hydrogen-bond donors (Lipinski definition) is 1. The summed E-state index contributed by atoms with van der Waals surface area (Å²) in [4.78, 5) is 31.2. The number of nitrogens with zero attached hydrogens (tertiary/aromatic N) is 2. The molecule has 0 saturated carbocycles. The molecule has 7 nitrogen and oxygen atoms in total. The van der Waals surface area contributed by atoms with Gasteiger partial charge < -0.3 is 14.3 Å². The molecule has 1 aliphatic heterocycles. The maximum Gasteiger partial charge on any atom is 0.335 e. The van der Waals surface area contributed by atoms with Crippen LogP contribution in [0.3, 0.4) is 0 Å². The fourth-order valence-corrected chi connectivity index (χ4v) is 6.81. The second kappa shape index (κ2) is 10.2. The van der Waals surface area contributed by atoms with Crippen LogP contribution in [0.25, 0.3) is 23.1 Å². The first-order chi connectivity index (χ1) is 20.4. The quantitative estimate of drug-likeness (QED) is 0.295. The summed E-state index contributed by atoms with van der Waals surface area (Å²) in [5.41, 5.74) is 7.10. The summed E-state index contributed by atoms with van der Waals surface area (Å²) in [6.45, 7) is 1.90. The van der Waals surface area contributed by atoms with Crippen molar-refractivity contribution in [2.45, 2.75) is 25.8 Å². The lowest BCUT2D eigenvalue weighted by Gasteiger charge is -2.30. The van der Waals surface area contributed by atoms with Crippen molar-refractivity contribution in [1.82, 2.24) is 4.57 Å². The van der Waals surface area contributed by atoms with E-state index in [9.17, 15) is 14.7 Å². The number of ether oxygens (including phenoxy) is 1. The van der Waals surface area contributed by atoms with E-state index < -0.39 is 5.97 Å². The molecule has 7 rings (SSSR count). The van der Waals surface area contributed by atoms with Crippen LogP contribution in [0, 0.1) is 6.92 Å². The average molecular weight is 575 g/mol. The van der Waals surface area contributed by atoms with E-state index in [2.05, 4.69) is 18.2 Å². The lowest BCUT2D eigenvalue weighted by Crippen LogP contribution is -2.38. The Kier molecular flexibility index (Phi) is 6.28. The van der Waals surface area contributed by atoms with Crippen LogP contribution < -0.4 is 19.6 Å². The topological polar surface area (TPSA) is 94.0 Å². The zero-order chi connectivity index (χ0) is 29.0. The molecule has 2 aromatic heterocycles. The molecule has 3 heterocycles. The minimum Gasteiger partial charge on any atom is -0.497 e. The molecule has 1 atom stereocenters. The van der Waals surface area contributed by atoms with Crippen LogP contribution in [0.15, 0.2) is 98.6 Å². The van der Waals surface area contributed by atoms with Crippen molar-refractivity contribution >= 4 is 29.1 Å². The van der Waals surface area contributed by atoms with Gasteiger partial charge in [-0.05, 0) is 78.4 Å². The van der Waals surface area contributed by atoms with E-state index in [0.29, 0.717) is 26.4 Å². The van der Waals surface area contributed by atoms with Crippen LogP contribution in [-0.2, 0) is 6.42 Å². The van der Waals surface area contributed by atoms with Crippen LogP contribution in [-0.4, -0.2) is 22.8 Å². The fourth-order valence-electron chi connectivity index (χ4n) is 5.83. The highest BCUT2D eigenvalue weighted by atomic mass is 32.1. The van der Waals surface area contributed by atoms with E-state index in [1.54, 1.807) is 48.1 Å². The number of benzene rings is 3. The average Bonchev–Trinajstić information content (AvgIpc) is 3.60. The number of hydrogen-bond acceptors (Lipinski definition) is 6. The van der Waals surface area contributed by atoms with Crippen molar-refractivity contribution in [2.24, 2.45) is 4.99 Å². The summed E-state index contributed by atoms with van der Waals surface area (Å²) in [6.07, 6.45) is 3.44. The SMILES string of the molecule is COc1ccc([C@@H]2C3=C(N=c4s/c(=C/c5ccc(-c6cc(C(=O)O)ccc6C)o5)c(=O)n42)c2ccccc2CC3)cc1. The normalized spacial score (nSPS) is 16.0. The number of rotatable bonds is 5. The van der Waals surface area contributed by atoms with Crippen molar-refractivity contribution < 1.29 is 19.1 Å². The van der Waals surface area contributed by atoms with E-state index in [-0.39, 0.29) is 17.2 Å². The van der Waals surface area contributed by atoms with Gasteiger partial charge in [0, 0.05) is 17.2 Å². The molecule has 208 valence electrons. The van der Waals surface area contributed by atoms with Crippen LogP contribution in [0.2, 0.25) is 0 Å². The third kappa shape index (κ3) is 4.31. The number of aromatic carboxylic acids is 1. The molecular weight excluding hydrogens is 548 g/mol. The lowest BCUT2D eigenvalue weighted by atomic mass is 9.83. The predicted molar refractivity (Wildman–Crippen MR) is 162 cm³/mol. The van der Waals surface area contributed by atoms with E-state index in [1.165, 1.54) is 16.9 Å². The highest BCUT2D eigenvalue weighted by molar-refractivity contribution is 7.07. The molecule has 2 aliphatic rings. The smallest absolute Gasteiger partial charge is 0.335 e. The van der Waals surface area contributed by atoms with Crippen molar-refractivity contribution in [1.29, 1.82) is 0 Å². The van der Waals surface area contributed by atoms with Crippen molar-refractivity contribution in [3.8, 4) is 17.1 Å². The Hall–Kier alpha value is -4.95. The monoisotopic (exact) mass is 574 g/mol. The number of furan rings is 1. The van der Waals surface area contributed by atoms with Gasteiger partial charge in [-0.3, -0.25) is 9.36 Å². The third-order valence-electron chi connectivity index (χ3n) is 7.95. The number of allylic oxidation sites excluding steroid dienone is 1. The molecule has 42 heavy (non-hydrogen) atoms. The second-order valence-electron chi connectivity index (χ2n) is 10.4. The zero-order valence-electron chi connectivity index (χ0n) is 23.0. The summed E-state index contributed by atoms with van der Waals surface area (Å²) in [5, 5.41) is 9.43. The van der Waals surface area contributed by atoms with Gasteiger partial charge >= 0.3 is 5.97 Å². The summed E-state index contributed by atoms with van der Waals surface area (Å²) in [5.74, 6) is 0.802. The van der Waals surface area contributed by atoms with Gasteiger partial charge in [0.1, 0.15) is 17.3 Å². The van der Waals surface area contributed by atoms with Gasteiger partial charge in [0.25, 0.3) is 5.56 Å².